The zero-order valence-electron chi connectivity index (χ0n) is 16.7. The quantitative estimate of drug-likeness (QED) is 0.393. The predicted octanol–water partition coefficient (Wildman–Crippen LogP) is 3.31. The van der Waals surface area contributed by atoms with Crippen LogP contribution in [0.3, 0.4) is 0 Å². The minimum absolute atomic E-state index is 0.0803. The number of nitrogens with zero attached hydrogens (tertiary/aromatic N) is 1. The molecule has 0 radical (unpaired) electrons. The van der Waals surface area contributed by atoms with E-state index in [1.807, 2.05) is 37.3 Å². The molecule has 2 aromatic carbocycles. The van der Waals surface area contributed by atoms with Crippen LogP contribution in [0.5, 0.6) is 0 Å². The van der Waals surface area contributed by atoms with Crippen LogP contribution in [0.4, 0.5) is 11.4 Å². The molecule has 154 valence electrons. The number of nitrogen functional groups attached to an aromatic ring is 1. The molecule has 1 amide bonds. The van der Waals surface area contributed by atoms with Crippen LogP contribution >= 0.6 is 0 Å². The Labute approximate surface area is 175 Å². The number of aromatic nitrogens is 1. The first-order valence-electron chi connectivity index (χ1n) is 9.56. The van der Waals surface area contributed by atoms with Crippen LogP contribution in [0.15, 0.2) is 73.1 Å². The summed E-state index contributed by atoms with van der Waals surface area (Å²) >= 11 is 0. The molecule has 0 aliphatic carbocycles. The van der Waals surface area contributed by atoms with E-state index in [1.165, 1.54) is 0 Å². The van der Waals surface area contributed by atoms with E-state index in [-0.39, 0.29) is 31.1 Å². The number of carbonyl (C=O) groups is 2. The van der Waals surface area contributed by atoms with Crippen molar-refractivity contribution in [3.05, 3.63) is 89.7 Å². The first-order chi connectivity index (χ1) is 14.5. The van der Waals surface area contributed by atoms with Crippen LogP contribution in [-0.4, -0.2) is 23.4 Å². The third-order valence-corrected chi connectivity index (χ3v) is 4.56. The fourth-order valence-electron chi connectivity index (χ4n) is 2.78. The zero-order chi connectivity index (χ0) is 21.3. The number of pyridine rings is 1. The van der Waals surface area contributed by atoms with E-state index >= 15 is 0 Å². The van der Waals surface area contributed by atoms with E-state index in [2.05, 4.69) is 15.6 Å². The Morgan fingerprint density at radius 2 is 1.83 bits per heavy atom. The van der Waals surface area contributed by atoms with Crippen LogP contribution in [-0.2, 0) is 16.1 Å². The number of esters is 1. The standard InChI is InChI=1S/C23H24N4O3/c1-16(26-14-22(28)30-15-17-5-4-12-25-13-17)18-8-10-19(11-9-18)23(29)27-21-7-3-2-6-20(21)24/h2-13,16,26H,14-15,24H2,1H3,(H,27,29). The minimum atomic E-state index is -0.345. The summed E-state index contributed by atoms with van der Waals surface area (Å²) in [4.78, 5) is 28.3. The molecule has 4 N–H and O–H groups in total. The van der Waals surface area contributed by atoms with E-state index in [0.717, 1.165) is 11.1 Å². The van der Waals surface area contributed by atoms with Gasteiger partial charge < -0.3 is 21.1 Å². The van der Waals surface area contributed by atoms with Crippen molar-refractivity contribution in [2.45, 2.75) is 19.6 Å². The van der Waals surface area contributed by atoms with Gasteiger partial charge in [-0.1, -0.05) is 30.3 Å². The van der Waals surface area contributed by atoms with E-state index in [4.69, 9.17) is 10.5 Å². The van der Waals surface area contributed by atoms with Crippen molar-refractivity contribution in [3.63, 3.8) is 0 Å². The Kier molecular flexibility index (Phi) is 7.13. The second-order valence-electron chi connectivity index (χ2n) is 6.79. The molecule has 1 aromatic heterocycles. The number of benzene rings is 2. The van der Waals surface area contributed by atoms with Crippen LogP contribution in [0, 0.1) is 0 Å². The molecular formula is C23H24N4O3. The number of hydrogen-bond donors (Lipinski definition) is 3. The van der Waals surface area contributed by atoms with Crippen molar-refractivity contribution in [1.82, 2.24) is 10.3 Å². The summed E-state index contributed by atoms with van der Waals surface area (Å²) in [5, 5.41) is 5.92. The first kappa shape index (κ1) is 21.0. The van der Waals surface area contributed by atoms with Crippen molar-refractivity contribution in [3.8, 4) is 0 Å². The molecule has 1 unspecified atom stereocenters. The Balaban J connectivity index is 1.48. The van der Waals surface area contributed by atoms with Gasteiger partial charge in [-0.2, -0.15) is 0 Å². The molecule has 0 aliphatic rings. The van der Waals surface area contributed by atoms with E-state index in [0.29, 0.717) is 16.9 Å². The number of nitrogens with two attached hydrogens (primary N) is 1. The molecule has 0 saturated carbocycles. The molecule has 3 rings (SSSR count). The first-order valence-corrected chi connectivity index (χ1v) is 9.56. The van der Waals surface area contributed by atoms with Gasteiger partial charge in [0.05, 0.1) is 17.9 Å². The van der Waals surface area contributed by atoms with Crippen molar-refractivity contribution in [2.24, 2.45) is 0 Å². The Morgan fingerprint density at radius 3 is 2.53 bits per heavy atom. The van der Waals surface area contributed by atoms with Crippen LogP contribution in [0.25, 0.3) is 0 Å². The number of para-hydroxylation sites is 2. The Hall–Kier alpha value is -3.71. The van der Waals surface area contributed by atoms with Gasteiger partial charge in [-0.15, -0.1) is 0 Å². The van der Waals surface area contributed by atoms with Gasteiger partial charge in [0.1, 0.15) is 6.61 Å². The van der Waals surface area contributed by atoms with Gasteiger partial charge in [0.15, 0.2) is 0 Å². The lowest BCUT2D eigenvalue weighted by Crippen LogP contribution is -2.27. The number of amides is 1. The van der Waals surface area contributed by atoms with E-state index < -0.39 is 0 Å². The molecule has 7 heteroatoms. The largest absolute Gasteiger partial charge is 0.460 e. The maximum Gasteiger partial charge on any atom is 0.320 e. The minimum Gasteiger partial charge on any atom is -0.460 e. The summed E-state index contributed by atoms with van der Waals surface area (Å²) in [6.45, 7) is 2.21. The molecule has 30 heavy (non-hydrogen) atoms. The summed E-state index contributed by atoms with van der Waals surface area (Å²) < 4.78 is 5.23. The number of anilines is 2. The summed E-state index contributed by atoms with van der Waals surface area (Å²) in [6, 6.07) is 17.8. The van der Waals surface area contributed by atoms with Crippen LogP contribution in [0.2, 0.25) is 0 Å². The van der Waals surface area contributed by atoms with Gasteiger partial charge in [0.2, 0.25) is 0 Å². The Bertz CT molecular complexity index is 991. The van der Waals surface area contributed by atoms with Gasteiger partial charge in [-0.25, -0.2) is 0 Å². The fraction of sp³-hybridized carbons (Fsp3) is 0.174. The van der Waals surface area contributed by atoms with Crippen molar-refractivity contribution in [1.29, 1.82) is 0 Å². The highest BCUT2D eigenvalue weighted by Gasteiger charge is 2.11. The highest BCUT2D eigenvalue weighted by molar-refractivity contribution is 6.05. The molecule has 0 bridgehead atoms. The molecule has 0 fully saturated rings. The second-order valence-corrected chi connectivity index (χ2v) is 6.79. The summed E-state index contributed by atoms with van der Waals surface area (Å²) in [6.07, 6.45) is 3.33. The van der Waals surface area contributed by atoms with E-state index in [9.17, 15) is 9.59 Å². The maximum atomic E-state index is 12.4. The third-order valence-electron chi connectivity index (χ3n) is 4.56. The number of nitrogens with one attached hydrogen (secondary N) is 2. The topological polar surface area (TPSA) is 106 Å². The maximum absolute atomic E-state index is 12.4. The monoisotopic (exact) mass is 404 g/mol. The van der Waals surface area contributed by atoms with Gasteiger partial charge in [-0.05, 0) is 42.8 Å². The Morgan fingerprint density at radius 1 is 1.07 bits per heavy atom. The molecule has 0 aliphatic heterocycles. The zero-order valence-corrected chi connectivity index (χ0v) is 16.7. The molecule has 0 spiro atoms. The van der Waals surface area contributed by atoms with Gasteiger partial charge in [-0.3, -0.25) is 14.6 Å². The lowest BCUT2D eigenvalue weighted by molar-refractivity contribution is -0.144. The normalized spacial score (nSPS) is 11.5. The molecular weight excluding hydrogens is 380 g/mol. The van der Waals surface area contributed by atoms with E-state index in [1.54, 1.807) is 42.7 Å². The van der Waals surface area contributed by atoms with Crippen molar-refractivity contribution < 1.29 is 14.3 Å². The lowest BCUT2D eigenvalue weighted by Gasteiger charge is -2.14. The molecule has 1 atom stereocenters. The second kappa shape index (κ2) is 10.2. The van der Waals surface area contributed by atoms with Gasteiger partial charge in [0, 0.05) is 29.6 Å². The SMILES string of the molecule is CC(NCC(=O)OCc1cccnc1)c1ccc(C(=O)Nc2ccccc2N)cc1. The average molecular weight is 404 g/mol. The van der Waals surface area contributed by atoms with Gasteiger partial charge in [0.25, 0.3) is 5.91 Å². The summed E-state index contributed by atoms with van der Waals surface area (Å²) in [7, 11) is 0. The predicted molar refractivity (Wildman–Crippen MR) is 116 cm³/mol. The highest BCUT2D eigenvalue weighted by Crippen LogP contribution is 2.19. The highest BCUT2D eigenvalue weighted by atomic mass is 16.5. The molecule has 3 aromatic rings. The van der Waals surface area contributed by atoms with Crippen LogP contribution in [0.1, 0.15) is 34.5 Å². The number of hydrogen-bond acceptors (Lipinski definition) is 6. The summed E-state index contributed by atoms with van der Waals surface area (Å²) in [5.41, 5.74) is 9.25. The van der Waals surface area contributed by atoms with Gasteiger partial charge >= 0.3 is 5.97 Å². The number of ether oxygens (including phenoxy) is 1. The summed E-state index contributed by atoms with van der Waals surface area (Å²) in [5.74, 6) is -0.582. The number of rotatable bonds is 8. The fourth-order valence-corrected chi connectivity index (χ4v) is 2.78. The van der Waals surface area contributed by atoms with Crippen molar-refractivity contribution >= 4 is 23.3 Å². The molecule has 1 heterocycles. The lowest BCUT2D eigenvalue weighted by atomic mass is 10.1. The molecule has 0 saturated heterocycles. The molecule has 7 nitrogen and oxygen atoms in total. The average Bonchev–Trinajstić information content (AvgIpc) is 2.78. The number of carbonyl (C=O) groups excluding carboxylic acids is 2. The smallest absolute Gasteiger partial charge is 0.320 e. The van der Waals surface area contributed by atoms with Crippen LogP contribution < -0.4 is 16.4 Å². The third kappa shape index (κ3) is 5.89. The van der Waals surface area contributed by atoms with Crippen molar-refractivity contribution in [2.75, 3.05) is 17.6 Å².